The monoisotopic (exact) mass is 354 g/mol. The van der Waals surface area contributed by atoms with Gasteiger partial charge in [-0.1, -0.05) is 13.3 Å². The number of rotatable bonds is 4. The number of carboxylic acid groups (broad SMARTS) is 1. The lowest BCUT2D eigenvalue weighted by molar-refractivity contribution is -0.145. The number of nitrogens with zero attached hydrogens (tertiary/aromatic N) is 1. The van der Waals surface area contributed by atoms with Gasteiger partial charge in [0.15, 0.2) is 0 Å². The molecule has 1 aliphatic rings. The molecule has 0 aromatic carbocycles. The maximum atomic E-state index is 12.4. The van der Waals surface area contributed by atoms with Crippen LogP contribution in [0, 0.1) is 24.7 Å². The normalized spacial score (nSPS) is 24.8. The van der Waals surface area contributed by atoms with Crippen LogP contribution in [0.25, 0.3) is 0 Å². The number of hydrogen-bond acceptors (Lipinski definition) is 3. The van der Waals surface area contributed by atoms with E-state index >= 15 is 0 Å². The van der Waals surface area contributed by atoms with Gasteiger partial charge in [0.25, 0.3) is 0 Å². The standard InChI is InChI=1S/C15H19BrN2O3/c1-3-9-5-11(12(6-9)15(20)21)14(19)18-10-4-8(2)13(16)17-7-10/h4,7,9,11-12H,3,5-6H2,1-2H3,(H,18,19)(H,20,21)/t9?,11-,12+/m0/s1. The molecule has 1 unspecified atom stereocenters. The number of aromatic nitrogens is 1. The van der Waals surface area contributed by atoms with E-state index in [0.717, 1.165) is 16.6 Å². The SMILES string of the molecule is CCC1C[C@H](C(=O)Nc2cnc(Br)c(C)c2)[C@H](C(=O)O)C1. The lowest BCUT2D eigenvalue weighted by Crippen LogP contribution is -2.30. The molecule has 2 N–H and O–H groups in total. The van der Waals surface area contributed by atoms with Crippen molar-refractivity contribution in [1.82, 2.24) is 4.98 Å². The molecule has 1 fully saturated rings. The molecule has 21 heavy (non-hydrogen) atoms. The summed E-state index contributed by atoms with van der Waals surface area (Å²) in [6, 6.07) is 1.82. The molecule has 1 saturated carbocycles. The third-order valence-electron chi connectivity index (χ3n) is 4.17. The molecule has 3 atom stereocenters. The Morgan fingerprint density at radius 1 is 1.43 bits per heavy atom. The van der Waals surface area contributed by atoms with Crippen LogP contribution in [0.15, 0.2) is 16.9 Å². The van der Waals surface area contributed by atoms with Crippen molar-refractivity contribution in [3.63, 3.8) is 0 Å². The average molecular weight is 355 g/mol. The van der Waals surface area contributed by atoms with E-state index in [4.69, 9.17) is 0 Å². The smallest absolute Gasteiger partial charge is 0.307 e. The Bertz CT molecular complexity index is 562. The Hall–Kier alpha value is -1.43. The van der Waals surface area contributed by atoms with E-state index in [9.17, 15) is 14.7 Å². The lowest BCUT2D eigenvalue weighted by atomic mass is 9.95. The minimum atomic E-state index is -0.879. The van der Waals surface area contributed by atoms with E-state index in [1.54, 1.807) is 6.20 Å². The average Bonchev–Trinajstić information content (AvgIpc) is 2.87. The molecular weight excluding hydrogens is 336 g/mol. The predicted octanol–water partition coefficient (Wildman–Crippen LogP) is 3.23. The number of carbonyl (C=O) groups excluding carboxylic acids is 1. The lowest BCUT2D eigenvalue weighted by Gasteiger charge is -2.15. The van der Waals surface area contributed by atoms with E-state index in [1.165, 1.54) is 0 Å². The third kappa shape index (κ3) is 3.61. The van der Waals surface area contributed by atoms with Crippen LogP contribution < -0.4 is 5.32 Å². The summed E-state index contributed by atoms with van der Waals surface area (Å²) >= 11 is 3.31. The summed E-state index contributed by atoms with van der Waals surface area (Å²) in [6.07, 6.45) is 3.70. The summed E-state index contributed by atoms with van der Waals surface area (Å²) in [5.41, 5.74) is 1.52. The zero-order valence-corrected chi connectivity index (χ0v) is 13.7. The maximum Gasteiger partial charge on any atom is 0.307 e. The number of hydrogen-bond donors (Lipinski definition) is 2. The van der Waals surface area contributed by atoms with Gasteiger partial charge in [0, 0.05) is 0 Å². The first-order valence-electron chi connectivity index (χ1n) is 7.08. The molecule has 5 nitrogen and oxygen atoms in total. The Morgan fingerprint density at radius 2 is 2.10 bits per heavy atom. The van der Waals surface area contributed by atoms with Crippen LogP contribution in [0.3, 0.4) is 0 Å². The second kappa shape index (κ2) is 6.56. The van der Waals surface area contributed by atoms with Gasteiger partial charge in [-0.3, -0.25) is 9.59 Å². The Morgan fingerprint density at radius 3 is 2.67 bits per heavy atom. The van der Waals surface area contributed by atoms with Gasteiger partial charge in [-0.05, 0) is 53.2 Å². The molecule has 0 saturated heterocycles. The molecule has 1 amide bonds. The molecule has 2 rings (SSSR count). The van der Waals surface area contributed by atoms with Crippen LogP contribution in [-0.2, 0) is 9.59 Å². The van der Waals surface area contributed by atoms with Gasteiger partial charge in [0.1, 0.15) is 4.60 Å². The number of halogens is 1. The van der Waals surface area contributed by atoms with Crippen molar-refractivity contribution in [2.75, 3.05) is 5.32 Å². The largest absolute Gasteiger partial charge is 0.481 e. The van der Waals surface area contributed by atoms with E-state index in [1.807, 2.05) is 19.9 Å². The number of anilines is 1. The molecule has 0 spiro atoms. The van der Waals surface area contributed by atoms with Gasteiger partial charge in [-0.25, -0.2) is 4.98 Å². The van der Waals surface area contributed by atoms with Gasteiger partial charge in [0.05, 0.1) is 23.7 Å². The summed E-state index contributed by atoms with van der Waals surface area (Å²) in [5, 5.41) is 12.1. The van der Waals surface area contributed by atoms with Crippen LogP contribution in [-0.4, -0.2) is 22.0 Å². The highest BCUT2D eigenvalue weighted by molar-refractivity contribution is 9.10. The summed E-state index contributed by atoms with van der Waals surface area (Å²) < 4.78 is 0.732. The fourth-order valence-electron chi connectivity index (χ4n) is 2.90. The number of amides is 1. The minimum absolute atomic E-state index is 0.220. The highest BCUT2D eigenvalue weighted by atomic mass is 79.9. The van der Waals surface area contributed by atoms with Crippen LogP contribution in [0.4, 0.5) is 5.69 Å². The van der Waals surface area contributed by atoms with Crippen LogP contribution in [0.5, 0.6) is 0 Å². The van der Waals surface area contributed by atoms with Crippen LogP contribution in [0.1, 0.15) is 31.7 Å². The van der Waals surface area contributed by atoms with E-state index < -0.39 is 17.8 Å². The van der Waals surface area contributed by atoms with Crippen molar-refractivity contribution in [3.8, 4) is 0 Å². The quantitative estimate of drug-likeness (QED) is 0.813. The maximum absolute atomic E-state index is 12.4. The highest BCUT2D eigenvalue weighted by Gasteiger charge is 2.42. The van der Waals surface area contributed by atoms with Crippen molar-refractivity contribution >= 4 is 33.5 Å². The number of carbonyl (C=O) groups is 2. The van der Waals surface area contributed by atoms with Crippen molar-refractivity contribution < 1.29 is 14.7 Å². The number of aryl methyl sites for hydroxylation is 1. The van der Waals surface area contributed by atoms with E-state index in [-0.39, 0.29) is 5.91 Å². The molecule has 0 aliphatic heterocycles. The number of pyridine rings is 1. The fraction of sp³-hybridized carbons (Fsp3) is 0.533. The summed E-state index contributed by atoms with van der Waals surface area (Å²) in [6.45, 7) is 3.92. The zero-order valence-electron chi connectivity index (χ0n) is 12.1. The Labute approximate surface area is 132 Å². The third-order valence-corrected chi connectivity index (χ3v) is 5.00. The Kier molecular flexibility index (Phi) is 4.98. The van der Waals surface area contributed by atoms with Crippen molar-refractivity contribution in [2.24, 2.45) is 17.8 Å². The van der Waals surface area contributed by atoms with Crippen molar-refractivity contribution in [2.45, 2.75) is 33.1 Å². The molecule has 0 radical (unpaired) electrons. The van der Waals surface area contributed by atoms with Gasteiger partial charge < -0.3 is 10.4 Å². The fourth-order valence-corrected chi connectivity index (χ4v) is 3.12. The van der Waals surface area contributed by atoms with Crippen LogP contribution in [0.2, 0.25) is 0 Å². The second-order valence-corrected chi connectivity index (χ2v) is 6.37. The molecule has 1 heterocycles. The first-order valence-corrected chi connectivity index (χ1v) is 7.87. The molecular formula is C15H19BrN2O3. The topological polar surface area (TPSA) is 79.3 Å². The summed E-state index contributed by atoms with van der Waals surface area (Å²) in [7, 11) is 0. The molecule has 0 bridgehead atoms. The van der Waals surface area contributed by atoms with Gasteiger partial charge in [0.2, 0.25) is 5.91 Å². The van der Waals surface area contributed by atoms with E-state index in [2.05, 4.69) is 26.2 Å². The van der Waals surface area contributed by atoms with Gasteiger partial charge in [-0.2, -0.15) is 0 Å². The number of aliphatic carboxylic acids is 1. The van der Waals surface area contributed by atoms with Crippen molar-refractivity contribution in [3.05, 3.63) is 22.4 Å². The molecule has 1 aromatic rings. The van der Waals surface area contributed by atoms with E-state index in [0.29, 0.717) is 24.4 Å². The molecule has 6 heteroatoms. The van der Waals surface area contributed by atoms with Gasteiger partial charge >= 0.3 is 5.97 Å². The summed E-state index contributed by atoms with van der Waals surface area (Å²) in [5.74, 6) is -1.83. The number of carboxylic acids is 1. The second-order valence-electron chi connectivity index (χ2n) is 5.62. The molecule has 114 valence electrons. The molecule has 1 aliphatic carbocycles. The van der Waals surface area contributed by atoms with Crippen LogP contribution >= 0.6 is 15.9 Å². The minimum Gasteiger partial charge on any atom is -0.481 e. The summed E-state index contributed by atoms with van der Waals surface area (Å²) in [4.78, 5) is 27.8. The molecule has 1 aromatic heterocycles. The van der Waals surface area contributed by atoms with Crippen molar-refractivity contribution in [1.29, 1.82) is 0 Å². The zero-order chi connectivity index (χ0) is 15.6. The van der Waals surface area contributed by atoms with Gasteiger partial charge in [-0.15, -0.1) is 0 Å². The Balaban J connectivity index is 2.11. The first kappa shape index (κ1) is 15.9. The first-order chi connectivity index (χ1) is 9.92. The highest BCUT2D eigenvalue weighted by Crippen LogP contribution is 2.39. The predicted molar refractivity (Wildman–Crippen MR) is 82.9 cm³/mol. The number of nitrogens with one attached hydrogen (secondary N) is 1.